The van der Waals surface area contributed by atoms with E-state index in [9.17, 15) is 18.0 Å². The maximum atomic E-state index is 13.0. The van der Waals surface area contributed by atoms with Gasteiger partial charge in [-0.15, -0.1) is 0 Å². The molecular formula is C23H27N3O6S. The quantitative estimate of drug-likeness (QED) is 0.691. The lowest BCUT2D eigenvalue weighted by atomic mass is 10.1. The lowest BCUT2D eigenvalue weighted by Crippen LogP contribution is -2.35. The molecule has 0 atom stereocenters. The minimum Gasteiger partial charge on any atom is -0.490 e. The van der Waals surface area contributed by atoms with Gasteiger partial charge in [-0.2, -0.15) is 4.31 Å². The Morgan fingerprint density at radius 1 is 1.00 bits per heavy atom. The topological polar surface area (TPSA) is 105 Å². The molecule has 0 radical (unpaired) electrons. The Hall–Kier alpha value is -3.11. The summed E-state index contributed by atoms with van der Waals surface area (Å²) in [7, 11) is -2.59. The molecule has 0 saturated carbocycles. The van der Waals surface area contributed by atoms with Crippen molar-refractivity contribution in [3.05, 3.63) is 48.0 Å². The zero-order valence-corrected chi connectivity index (χ0v) is 19.3. The Labute approximate surface area is 193 Å². The molecule has 1 N–H and O–H groups in total. The third-order valence-electron chi connectivity index (χ3n) is 5.58. The first-order valence-electron chi connectivity index (χ1n) is 10.9. The summed E-state index contributed by atoms with van der Waals surface area (Å²) in [4.78, 5) is 26.9. The van der Waals surface area contributed by atoms with Gasteiger partial charge in [0.2, 0.25) is 15.9 Å². The van der Waals surface area contributed by atoms with Crippen molar-refractivity contribution in [1.82, 2.24) is 9.21 Å². The number of likely N-dealkylation sites (tertiary alicyclic amines) is 1. The van der Waals surface area contributed by atoms with Crippen molar-refractivity contribution in [3.8, 4) is 11.5 Å². The molecule has 10 heteroatoms. The van der Waals surface area contributed by atoms with Crippen LogP contribution in [-0.4, -0.2) is 69.3 Å². The molecule has 2 amide bonds. The van der Waals surface area contributed by atoms with Crippen molar-refractivity contribution < 1.29 is 27.5 Å². The molecule has 4 rings (SSSR count). The normalized spacial score (nSPS) is 15.9. The second-order valence-electron chi connectivity index (χ2n) is 8.05. The SMILES string of the molecule is CN(CC(=O)Nc1cccc(C(=O)N2CCCC2)c1)S(=O)(=O)c1ccc2c(c1)OCCCO2. The maximum absolute atomic E-state index is 13.0. The molecule has 0 spiro atoms. The largest absolute Gasteiger partial charge is 0.490 e. The van der Waals surface area contributed by atoms with Gasteiger partial charge in [0.15, 0.2) is 11.5 Å². The first kappa shape index (κ1) is 23.1. The molecule has 2 heterocycles. The minimum atomic E-state index is -3.93. The van der Waals surface area contributed by atoms with Gasteiger partial charge in [0.05, 0.1) is 24.7 Å². The zero-order valence-electron chi connectivity index (χ0n) is 18.5. The molecule has 0 unspecified atom stereocenters. The van der Waals surface area contributed by atoms with E-state index in [0.29, 0.717) is 42.4 Å². The third-order valence-corrected chi connectivity index (χ3v) is 7.38. The first-order valence-corrected chi connectivity index (χ1v) is 12.3. The predicted molar refractivity (Wildman–Crippen MR) is 122 cm³/mol. The van der Waals surface area contributed by atoms with Gasteiger partial charge in [0.1, 0.15) is 0 Å². The van der Waals surface area contributed by atoms with E-state index in [1.165, 1.54) is 19.2 Å². The Balaban J connectivity index is 1.41. The number of hydrogen-bond acceptors (Lipinski definition) is 6. The highest BCUT2D eigenvalue weighted by atomic mass is 32.2. The lowest BCUT2D eigenvalue weighted by Gasteiger charge is -2.18. The molecule has 0 bridgehead atoms. The van der Waals surface area contributed by atoms with E-state index in [2.05, 4.69) is 5.32 Å². The van der Waals surface area contributed by atoms with Crippen molar-refractivity contribution in [1.29, 1.82) is 0 Å². The van der Waals surface area contributed by atoms with Crippen LogP contribution >= 0.6 is 0 Å². The van der Waals surface area contributed by atoms with Crippen molar-refractivity contribution in [3.63, 3.8) is 0 Å². The van der Waals surface area contributed by atoms with Gasteiger partial charge >= 0.3 is 0 Å². The van der Waals surface area contributed by atoms with Crippen LogP contribution in [-0.2, 0) is 14.8 Å². The van der Waals surface area contributed by atoms with Gasteiger partial charge < -0.3 is 19.7 Å². The van der Waals surface area contributed by atoms with Crippen LogP contribution in [0, 0.1) is 0 Å². The van der Waals surface area contributed by atoms with E-state index in [-0.39, 0.29) is 17.3 Å². The monoisotopic (exact) mass is 473 g/mol. The number of fused-ring (bicyclic) bond motifs is 1. The van der Waals surface area contributed by atoms with E-state index < -0.39 is 15.9 Å². The van der Waals surface area contributed by atoms with E-state index in [4.69, 9.17) is 9.47 Å². The van der Waals surface area contributed by atoms with Crippen LogP contribution in [0.4, 0.5) is 5.69 Å². The standard InChI is InChI=1S/C23H27N3O6S/c1-25(33(29,30)19-8-9-20-21(15-19)32-13-5-12-31-20)16-22(27)24-18-7-4-6-17(14-18)23(28)26-10-2-3-11-26/h4,6-9,14-15H,2-3,5,10-13,16H2,1H3,(H,24,27). The second kappa shape index (κ2) is 9.80. The summed E-state index contributed by atoms with van der Waals surface area (Å²) >= 11 is 0. The zero-order chi connectivity index (χ0) is 23.4. The highest BCUT2D eigenvalue weighted by molar-refractivity contribution is 7.89. The number of benzene rings is 2. The lowest BCUT2D eigenvalue weighted by molar-refractivity contribution is -0.116. The summed E-state index contributed by atoms with van der Waals surface area (Å²) < 4.78 is 38.1. The van der Waals surface area contributed by atoms with Crippen molar-refractivity contribution in [2.75, 3.05) is 45.2 Å². The summed E-state index contributed by atoms with van der Waals surface area (Å²) in [5.74, 6) is 0.278. The van der Waals surface area contributed by atoms with Crippen molar-refractivity contribution in [2.24, 2.45) is 0 Å². The molecule has 1 fully saturated rings. The Bertz CT molecular complexity index is 1140. The molecule has 1 saturated heterocycles. The molecule has 9 nitrogen and oxygen atoms in total. The number of nitrogens with one attached hydrogen (secondary N) is 1. The smallest absolute Gasteiger partial charge is 0.253 e. The van der Waals surface area contributed by atoms with Gasteiger partial charge in [-0.3, -0.25) is 9.59 Å². The highest BCUT2D eigenvalue weighted by Gasteiger charge is 2.25. The number of anilines is 1. The number of carbonyl (C=O) groups excluding carboxylic acids is 2. The van der Waals surface area contributed by atoms with Crippen LogP contribution < -0.4 is 14.8 Å². The summed E-state index contributed by atoms with van der Waals surface area (Å²) in [5.41, 5.74) is 0.925. The molecule has 2 aliphatic rings. The fourth-order valence-corrected chi connectivity index (χ4v) is 4.95. The Morgan fingerprint density at radius 3 is 2.48 bits per heavy atom. The van der Waals surface area contributed by atoms with Gasteiger partial charge in [0.25, 0.3) is 5.91 Å². The molecule has 0 aromatic heterocycles. The molecule has 2 aromatic carbocycles. The van der Waals surface area contributed by atoms with E-state index in [1.807, 2.05) is 0 Å². The number of sulfonamides is 1. The fourth-order valence-electron chi connectivity index (χ4n) is 3.80. The van der Waals surface area contributed by atoms with Gasteiger partial charge in [0, 0.05) is 43.9 Å². The van der Waals surface area contributed by atoms with E-state index in [1.54, 1.807) is 35.2 Å². The van der Waals surface area contributed by atoms with Crippen LogP contribution in [0.3, 0.4) is 0 Å². The van der Waals surface area contributed by atoms with Crippen LogP contribution in [0.1, 0.15) is 29.6 Å². The molecule has 0 aliphatic carbocycles. The van der Waals surface area contributed by atoms with Crippen LogP contribution in [0.25, 0.3) is 0 Å². The molecule has 2 aliphatic heterocycles. The summed E-state index contributed by atoms with van der Waals surface area (Å²) in [6.07, 6.45) is 2.69. The van der Waals surface area contributed by atoms with Crippen molar-refractivity contribution in [2.45, 2.75) is 24.2 Å². The summed E-state index contributed by atoms with van der Waals surface area (Å²) in [6, 6.07) is 11.1. The van der Waals surface area contributed by atoms with Crippen LogP contribution in [0.5, 0.6) is 11.5 Å². The van der Waals surface area contributed by atoms with Gasteiger partial charge in [-0.1, -0.05) is 6.07 Å². The minimum absolute atomic E-state index is 0.0141. The maximum Gasteiger partial charge on any atom is 0.253 e. The number of carbonyl (C=O) groups is 2. The number of ether oxygens (including phenoxy) is 2. The van der Waals surface area contributed by atoms with Crippen molar-refractivity contribution >= 4 is 27.5 Å². The predicted octanol–water partition coefficient (Wildman–Crippen LogP) is 2.34. The van der Waals surface area contributed by atoms with Crippen LogP contribution in [0.2, 0.25) is 0 Å². The fraction of sp³-hybridized carbons (Fsp3) is 0.391. The number of hydrogen-bond donors (Lipinski definition) is 1. The van der Waals surface area contributed by atoms with E-state index >= 15 is 0 Å². The number of amides is 2. The average Bonchev–Trinajstić information content (AvgIpc) is 3.23. The second-order valence-corrected chi connectivity index (χ2v) is 10.1. The van der Waals surface area contributed by atoms with Gasteiger partial charge in [-0.05, 0) is 43.2 Å². The summed E-state index contributed by atoms with van der Waals surface area (Å²) in [6.45, 7) is 2.02. The molecular weight excluding hydrogens is 446 g/mol. The summed E-state index contributed by atoms with van der Waals surface area (Å²) in [5, 5.41) is 2.68. The third kappa shape index (κ3) is 5.28. The van der Waals surface area contributed by atoms with Gasteiger partial charge in [-0.25, -0.2) is 8.42 Å². The molecule has 33 heavy (non-hydrogen) atoms. The number of likely N-dealkylation sites (N-methyl/N-ethyl adjacent to an activating group) is 1. The average molecular weight is 474 g/mol. The Morgan fingerprint density at radius 2 is 1.73 bits per heavy atom. The number of rotatable bonds is 6. The molecule has 2 aromatic rings. The highest BCUT2D eigenvalue weighted by Crippen LogP contribution is 2.32. The molecule has 176 valence electrons. The van der Waals surface area contributed by atoms with E-state index in [0.717, 1.165) is 30.2 Å². The van der Waals surface area contributed by atoms with Crippen LogP contribution in [0.15, 0.2) is 47.4 Å². The first-order chi connectivity index (χ1) is 15.8. The Kier molecular flexibility index (Phi) is 6.85. The number of nitrogens with zero attached hydrogens (tertiary/aromatic N) is 2.